The van der Waals surface area contributed by atoms with Crippen LogP contribution in [0.15, 0.2) is 23.1 Å². The van der Waals surface area contributed by atoms with E-state index in [0.29, 0.717) is 18.9 Å². The molecular formula is C13H15F2NO4S. The third-order valence-electron chi connectivity index (χ3n) is 3.46. The van der Waals surface area contributed by atoms with E-state index in [4.69, 9.17) is 0 Å². The molecule has 2 rings (SSSR count). The molecule has 0 aromatic heterocycles. The summed E-state index contributed by atoms with van der Waals surface area (Å²) in [6, 6.07) is 2.18. The molecular weight excluding hydrogens is 304 g/mol. The van der Waals surface area contributed by atoms with E-state index in [1.165, 1.54) is 7.11 Å². The smallest absolute Gasteiger partial charge is 0.308 e. The normalized spacial score (nSPS) is 17.7. The molecule has 1 aliphatic heterocycles. The summed E-state index contributed by atoms with van der Waals surface area (Å²) < 4.78 is 56.7. The summed E-state index contributed by atoms with van der Waals surface area (Å²) in [5.74, 6) is -2.61. The van der Waals surface area contributed by atoms with Gasteiger partial charge in [-0.1, -0.05) is 0 Å². The van der Waals surface area contributed by atoms with Crippen LogP contribution in [-0.4, -0.2) is 38.9 Å². The van der Waals surface area contributed by atoms with Crippen molar-refractivity contribution in [1.29, 1.82) is 0 Å². The molecule has 0 amide bonds. The predicted octanol–water partition coefficient (Wildman–Crippen LogP) is 1.54. The van der Waals surface area contributed by atoms with Crippen molar-refractivity contribution in [3.63, 3.8) is 0 Å². The number of rotatable bonds is 3. The fraction of sp³-hybridized carbons (Fsp3) is 0.462. The quantitative estimate of drug-likeness (QED) is 0.793. The number of ether oxygens (including phenoxy) is 1. The summed E-state index contributed by atoms with van der Waals surface area (Å²) in [6.07, 6.45) is 0.646. The molecule has 0 saturated carbocycles. The van der Waals surface area contributed by atoms with Gasteiger partial charge in [-0.3, -0.25) is 4.79 Å². The van der Waals surface area contributed by atoms with Gasteiger partial charge in [0.1, 0.15) is 11.6 Å². The van der Waals surface area contributed by atoms with Crippen LogP contribution in [0.1, 0.15) is 12.8 Å². The van der Waals surface area contributed by atoms with Crippen molar-refractivity contribution < 1.29 is 26.7 Å². The van der Waals surface area contributed by atoms with Gasteiger partial charge < -0.3 is 4.74 Å². The van der Waals surface area contributed by atoms with Gasteiger partial charge in [-0.05, 0) is 25.0 Å². The zero-order valence-corrected chi connectivity index (χ0v) is 12.2. The third kappa shape index (κ3) is 3.38. The number of hydrogen-bond donors (Lipinski definition) is 0. The Bertz CT molecular complexity index is 619. The summed E-state index contributed by atoms with van der Waals surface area (Å²) in [5.41, 5.74) is 0. The van der Waals surface area contributed by atoms with E-state index in [2.05, 4.69) is 4.74 Å². The monoisotopic (exact) mass is 319 g/mol. The molecule has 1 aliphatic rings. The van der Waals surface area contributed by atoms with E-state index in [1.54, 1.807) is 0 Å². The highest BCUT2D eigenvalue weighted by molar-refractivity contribution is 7.89. The molecule has 116 valence electrons. The number of esters is 1. The lowest BCUT2D eigenvalue weighted by Gasteiger charge is -2.29. The first-order valence-electron chi connectivity index (χ1n) is 6.38. The van der Waals surface area contributed by atoms with Crippen molar-refractivity contribution in [2.45, 2.75) is 17.7 Å². The Labute approximate surface area is 121 Å². The number of piperidine rings is 1. The van der Waals surface area contributed by atoms with Crippen LogP contribution in [0.25, 0.3) is 0 Å². The summed E-state index contributed by atoms with van der Waals surface area (Å²) in [5, 5.41) is 0. The van der Waals surface area contributed by atoms with Crippen molar-refractivity contribution in [2.75, 3.05) is 20.2 Å². The molecule has 0 spiro atoms. The minimum absolute atomic E-state index is 0.111. The molecule has 21 heavy (non-hydrogen) atoms. The average Bonchev–Trinajstić information content (AvgIpc) is 2.45. The van der Waals surface area contributed by atoms with Gasteiger partial charge >= 0.3 is 5.97 Å². The lowest BCUT2D eigenvalue weighted by atomic mass is 9.99. The van der Waals surface area contributed by atoms with Gasteiger partial charge in [0.2, 0.25) is 10.0 Å². The number of carbonyl (C=O) groups excluding carboxylic acids is 1. The Kier molecular flexibility index (Phi) is 4.58. The second-order valence-corrected chi connectivity index (χ2v) is 6.74. The maximum Gasteiger partial charge on any atom is 0.308 e. The second-order valence-electron chi connectivity index (χ2n) is 4.81. The molecule has 0 unspecified atom stereocenters. The number of halogens is 2. The summed E-state index contributed by atoms with van der Waals surface area (Å²) in [6.45, 7) is 0.223. The van der Waals surface area contributed by atoms with Crippen LogP contribution in [0.2, 0.25) is 0 Å². The topological polar surface area (TPSA) is 63.7 Å². The van der Waals surface area contributed by atoms with Crippen LogP contribution in [0, 0.1) is 17.6 Å². The molecule has 0 aliphatic carbocycles. The van der Waals surface area contributed by atoms with E-state index in [9.17, 15) is 22.0 Å². The zero-order chi connectivity index (χ0) is 15.6. The fourth-order valence-corrected chi connectivity index (χ4v) is 3.84. The van der Waals surface area contributed by atoms with E-state index >= 15 is 0 Å². The van der Waals surface area contributed by atoms with Crippen LogP contribution in [0.5, 0.6) is 0 Å². The first-order chi connectivity index (χ1) is 9.84. The molecule has 1 heterocycles. The molecule has 1 fully saturated rings. The lowest BCUT2D eigenvalue weighted by molar-refractivity contribution is -0.146. The summed E-state index contributed by atoms with van der Waals surface area (Å²) in [4.78, 5) is 11.0. The Morgan fingerprint density at radius 2 is 1.71 bits per heavy atom. The van der Waals surface area contributed by atoms with Crippen LogP contribution in [0.4, 0.5) is 8.78 Å². The van der Waals surface area contributed by atoms with Gasteiger partial charge in [0.25, 0.3) is 0 Å². The van der Waals surface area contributed by atoms with Gasteiger partial charge in [-0.2, -0.15) is 4.31 Å². The van der Waals surface area contributed by atoms with E-state index in [0.717, 1.165) is 16.4 Å². The van der Waals surface area contributed by atoms with Gasteiger partial charge in [0.15, 0.2) is 0 Å². The largest absolute Gasteiger partial charge is 0.469 e. The third-order valence-corrected chi connectivity index (χ3v) is 5.34. The molecule has 1 aromatic carbocycles. The number of methoxy groups -OCH3 is 1. The predicted molar refractivity (Wildman–Crippen MR) is 69.9 cm³/mol. The maximum atomic E-state index is 13.2. The van der Waals surface area contributed by atoms with Gasteiger partial charge in [-0.15, -0.1) is 0 Å². The zero-order valence-electron chi connectivity index (χ0n) is 11.4. The Hall–Kier alpha value is -1.54. The highest BCUT2D eigenvalue weighted by atomic mass is 32.2. The molecule has 1 saturated heterocycles. The number of nitrogens with zero attached hydrogens (tertiary/aromatic N) is 1. The SMILES string of the molecule is COC(=O)C1CCN(S(=O)(=O)c2cc(F)cc(F)c2)CC1. The fourth-order valence-electron chi connectivity index (χ4n) is 2.33. The van der Waals surface area contributed by atoms with E-state index in [1.807, 2.05) is 0 Å². The van der Waals surface area contributed by atoms with Gasteiger partial charge in [0.05, 0.1) is 17.9 Å². The molecule has 0 radical (unpaired) electrons. The van der Waals surface area contributed by atoms with Gasteiger partial charge in [0, 0.05) is 19.2 Å². The molecule has 1 aromatic rings. The molecule has 8 heteroatoms. The highest BCUT2D eigenvalue weighted by Crippen LogP contribution is 2.25. The number of benzene rings is 1. The van der Waals surface area contributed by atoms with Crippen LogP contribution < -0.4 is 0 Å². The lowest BCUT2D eigenvalue weighted by Crippen LogP contribution is -2.40. The Balaban J connectivity index is 2.16. The first-order valence-corrected chi connectivity index (χ1v) is 7.82. The van der Waals surface area contributed by atoms with Crippen LogP contribution in [-0.2, 0) is 19.6 Å². The molecule has 0 atom stereocenters. The van der Waals surface area contributed by atoms with E-state index in [-0.39, 0.29) is 25.0 Å². The number of sulfonamides is 1. The molecule has 0 bridgehead atoms. The molecule has 5 nitrogen and oxygen atoms in total. The van der Waals surface area contributed by atoms with Crippen molar-refractivity contribution in [1.82, 2.24) is 4.31 Å². The first kappa shape index (κ1) is 15.8. The summed E-state index contributed by atoms with van der Waals surface area (Å²) >= 11 is 0. The van der Waals surface area contributed by atoms with E-state index < -0.39 is 26.6 Å². The standard InChI is InChI=1S/C13H15F2NO4S/c1-20-13(17)9-2-4-16(5-3-9)21(18,19)12-7-10(14)6-11(15)8-12/h6-9H,2-5H2,1H3. The number of hydrogen-bond acceptors (Lipinski definition) is 4. The minimum Gasteiger partial charge on any atom is -0.469 e. The average molecular weight is 319 g/mol. The number of carbonyl (C=O) groups is 1. The Morgan fingerprint density at radius 3 is 2.19 bits per heavy atom. The van der Waals surface area contributed by atoms with Crippen molar-refractivity contribution >= 4 is 16.0 Å². The van der Waals surface area contributed by atoms with Crippen LogP contribution in [0.3, 0.4) is 0 Å². The van der Waals surface area contributed by atoms with Crippen molar-refractivity contribution in [3.8, 4) is 0 Å². The van der Waals surface area contributed by atoms with Crippen molar-refractivity contribution in [2.24, 2.45) is 5.92 Å². The van der Waals surface area contributed by atoms with Crippen molar-refractivity contribution in [3.05, 3.63) is 29.8 Å². The van der Waals surface area contributed by atoms with Gasteiger partial charge in [-0.25, -0.2) is 17.2 Å². The maximum absolute atomic E-state index is 13.2. The Morgan fingerprint density at radius 1 is 1.19 bits per heavy atom. The second kappa shape index (κ2) is 6.07. The summed E-state index contributed by atoms with van der Waals surface area (Å²) in [7, 11) is -2.68. The molecule has 0 N–H and O–H groups in total. The highest BCUT2D eigenvalue weighted by Gasteiger charge is 2.32. The van der Waals surface area contributed by atoms with Crippen LogP contribution >= 0.6 is 0 Å². The minimum atomic E-state index is -3.96.